The van der Waals surface area contributed by atoms with Crippen molar-refractivity contribution in [3.05, 3.63) is 34.9 Å². The summed E-state index contributed by atoms with van der Waals surface area (Å²) in [5.74, 6) is -1.81. The van der Waals surface area contributed by atoms with Crippen LogP contribution in [0.1, 0.15) is 30.4 Å². The van der Waals surface area contributed by atoms with Crippen molar-refractivity contribution < 1.29 is 18.6 Å². The van der Waals surface area contributed by atoms with Gasteiger partial charge < -0.3 is 9.84 Å². The number of benzene rings is 1. The third-order valence-corrected chi connectivity index (χ3v) is 3.32. The maximum absolute atomic E-state index is 13.8. The fraction of sp³-hybridized carbons (Fsp3) is 0.538. The monoisotopic (exact) mass is 242 g/mol. The van der Waals surface area contributed by atoms with Crippen LogP contribution in [0, 0.1) is 18.6 Å². The molecule has 4 heteroatoms. The van der Waals surface area contributed by atoms with Crippen molar-refractivity contribution in [3.63, 3.8) is 0 Å². The average molecular weight is 242 g/mol. The van der Waals surface area contributed by atoms with Crippen LogP contribution in [0.2, 0.25) is 0 Å². The Balaban J connectivity index is 2.41. The molecule has 1 aliphatic heterocycles. The molecule has 1 atom stereocenters. The highest BCUT2D eigenvalue weighted by atomic mass is 19.2. The number of rotatable bonds is 1. The van der Waals surface area contributed by atoms with Crippen LogP contribution in [0.4, 0.5) is 8.78 Å². The molecule has 1 fully saturated rings. The summed E-state index contributed by atoms with van der Waals surface area (Å²) in [6.07, 6.45) is 1.34. The predicted molar refractivity (Wildman–Crippen MR) is 59.7 cm³/mol. The summed E-state index contributed by atoms with van der Waals surface area (Å²) in [6.45, 7) is 2.42. The van der Waals surface area contributed by atoms with E-state index in [1.807, 2.05) is 0 Å². The SMILES string of the molecule is Cc1ccc(C2(O)CCCOCC2)c(F)c1F. The zero-order valence-corrected chi connectivity index (χ0v) is 9.80. The van der Waals surface area contributed by atoms with Crippen LogP contribution in [0.3, 0.4) is 0 Å². The maximum atomic E-state index is 13.8. The molecular formula is C13H16F2O2. The molecule has 1 aromatic rings. The van der Waals surface area contributed by atoms with Crippen molar-refractivity contribution in [1.82, 2.24) is 0 Å². The van der Waals surface area contributed by atoms with Crippen LogP contribution < -0.4 is 0 Å². The standard InChI is InChI=1S/C13H16F2O2/c1-9-3-4-10(12(15)11(9)14)13(16)5-2-7-17-8-6-13/h3-4,16H,2,5-8H2,1H3. The molecule has 0 bridgehead atoms. The molecule has 0 spiro atoms. The fourth-order valence-electron chi connectivity index (χ4n) is 2.21. The number of hydrogen-bond donors (Lipinski definition) is 1. The van der Waals surface area contributed by atoms with E-state index in [4.69, 9.17) is 4.74 Å². The zero-order valence-electron chi connectivity index (χ0n) is 9.80. The van der Waals surface area contributed by atoms with Gasteiger partial charge in [0.05, 0.1) is 5.60 Å². The van der Waals surface area contributed by atoms with Crippen molar-refractivity contribution in [2.75, 3.05) is 13.2 Å². The Morgan fingerprint density at radius 3 is 2.71 bits per heavy atom. The Hall–Kier alpha value is -1.00. The lowest BCUT2D eigenvalue weighted by Crippen LogP contribution is -2.28. The molecule has 2 rings (SSSR count). The summed E-state index contributed by atoms with van der Waals surface area (Å²) in [5, 5.41) is 10.4. The molecule has 17 heavy (non-hydrogen) atoms. The van der Waals surface area contributed by atoms with E-state index in [2.05, 4.69) is 0 Å². The molecular weight excluding hydrogens is 226 g/mol. The van der Waals surface area contributed by atoms with Gasteiger partial charge in [-0.05, 0) is 25.3 Å². The van der Waals surface area contributed by atoms with Crippen molar-refractivity contribution in [2.24, 2.45) is 0 Å². The van der Waals surface area contributed by atoms with Crippen LogP contribution in [0.25, 0.3) is 0 Å². The third-order valence-electron chi connectivity index (χ3n) is 3.32. The summed E-state index contributed by atoms with van der Waals surface area (Å²) >= 11 is 0. The van der Waals surface area contributed by atoms with Crippen molar-refractivity contribution in [1.29, 1.82) is 0 Å². The number of halogens is 2. The van der Waals surface area contributed by atoms with Gasteiger partial charge in [-0.3, -0.25) is 0 Å². The van der Waals surface area contributed by atoms with Gasteiger partial charge in [-0.15, -0.1) is 0 Å². The minimum atomic E-state index is -1.31. The van der Waals surface area contributed by atoms with E-state index < -0.39 is 17.2 Å². The number of aryl methyl sites for hydroxylation is 1. The lowest BCUT2D eigenvalue weighted by atomic mass is 9.86. The number of ether oxygens (including phenoxy) is 1. The summed E-state index contributed by atoms with van der Waals surface area (Å²) in [5.41, 5.74) is -1.01. The lowest BCUT2D eigenvalue weighted by Gasteiger charge is -2.27. The lowest BCUT2D eigenvalue weighted by molar-refractivity contribution is 0.0107. The fourth-order valence-corrected chi connectivity index (χ4v) is 2.21. The van der Waals surface area contributed by atoms with Gasteiger partial charge in [0.15, 0.2) is 11.6 Å². The smallest absolute Gasteiger partial charge is 0.165 e. The largest absolute Gasteiger partial charge is 0.385 e. The highest BCUT2D eigenvalue weighted by molar-refractivity contribution is 5.30. The van der Waals surface area contributed by atoms with E-state index in [1.165, 1.54) is 19.1 Å². The summed E-state index contributed by atoms with van der Waals surface area (Å²) < 4.78 is 32.6. The topological polar surface area (TPSA) is 29.5 Å². The number of aliphatic hydroxyl groups is 1. The summed E-state index contributed by atoms with van der Waals surface area (Å²) in [7, 11) is 0. The molecule has 0 saturated carbocycles. The molecule has 2 nitrogen and oxygen atoms in total. The van der Waals surface area contributed by atoms with Crippen LogP contribution >= 0.6 is 0 Å². The molecule has 1 aliphatic rings. The van der Waals surface area contributed by atoms with E-state index in [1.54, 1.807) is 0 Å². The second-order valence-electron chi connectivity index (χ2n) is 4.56. The van der Waals surface area contributed by atoms with Crippen LogP contribution in [-0.2, 0) is 10.3 Å². The van der Waals surface area contributed by atoms with Gasteiger partial charge in [0, 0.05) is 25.2 Å². The molecule has 1 aromatic carbocycles. The first-order valence-electron chi connectivity index (χ1n) is 5.80. The Bertz CT molecular complexity index is 410. The van der Waals surface area contributed by atoms with Gasteiger partial charge in [0.2, 0.25) is 0 Å². The van der Waals surface area contributed by atoms with Crippen LogP contribution in [0.5, 0.6) is 0 Å². The third kappa shape index (κ3) is 2.33. The molecule has 0 radical (unpaired) electrons. The average Bonchev–Trinajstić information content (AvgIpc) is 2.52. The first-order chi connectivity index (χ1) is 8.04. The molecule has 94 valence electrons. The minimum absolute atomic E-state index is 0.0473. The normalized spacial score (nSPS) is 25.6. The van der Waals surface area contributed by atoms with Crippen molar-refractivity contribution >= 4 is 0 Å². The van der Waals surface area contributed by atoms with Crippen LogP contribution in [-0.4, -0.2) is 18.3 Å². The van der Waals surface area contributed by atoms with Crippen molar-refractivity contribution in [2.45, 2.75) is 31.8 Å². The zero-order chi connectivity index (χ0) is 12.5. The van der Waals surface area contributed by atoms with Gasteiger partial charge in [-0.2, -0.15) is 0 Å². The second kappa shape index (κ2) is 4.70. The van der Waals surface area contributed by atoms with Gasteiger partial charge in [-0.1, -0.05) is 12.1 Å². The molecule has 1 heterocycles. The first kappa shape index (κ1) is 12.5. The van der Waals surface area contributed by atoms with Gasteiger partial charge in [-0.25, -0.2) is 8.78 Å². The summed E-state index contributed by atoms with van der Waals surface area (Å²) in [4.78, 5) is 0. The van der Waals surface area contributed by atoms with E-state index in [9.17, 15) is 13.9 Å². The molecule has 0 aromatic heterocycles. The quantitative estimate of drug-likeness (QED) is 0.820. The van der Waals surface area contributed by atoms with Crippen molar-refractivity contribution in [3.8, 4) is 0 Å². The van der Waals surface area contributed by atoms with E-state index in [0.29, 0.717) is 32.5 Å². The summed E-state index contributed by atoms with van der Waals surface area (Å²) in [6, 6.07) is 2.97. The Morgan fingerprint density at radius 2 is 1.94 bits per heavy atom. The minimum Gasteiger partial charge on any atom is -0.385 e. The van der Waals surface area contributed by atoms with E-state index >= 15 is 0 Å². The number of hydrogen-bond acceptors (Lipinski definition) is 2. The second-order valence-corrected chi connectivity index (χ2v) is 4.56. The highest BCUT2D eigenvalue weighted by Gasteiger charge is 2.34. The molecule has 1 unspecified atom stereocenters. The Labute approximate surface area is 99.2 Å². The van der Waals surface area contributed by atoms with E-state index in [-0.39, 0.29) is 11.1 Å². The van der Waals surface area contributed by atoms with Gasteiger partial charge in [0.25, 0.3) is 0 Å². The molecule has 1 saturated heterocycles. The van der Waals surface area contributed by atoms with Crippen LogP contribution in [0.15, 0.2) is 12.1 Å². The van der Waals surface area contributed by atoms with Gasteiger partial charge >= 0.3 is 0 Å². The van der Waals surface area contributed by atoms with E-state index in [0.717, 1.165) is 0 Å². The van der Waals surface area contributed by atoms with Gasteiger partial charge in [0.1, 0.15) is 0 Å². The maximum Gasteiger partial charge on any atom is 0.165 e. The highest BCUT2D eigenvalue weighted by Crippen LogP contribution is 2.35. The Morgan fingerprint density at radius 1 is 1.18 bits per heavy atom. The molecule has 0 aliphatic carbocycles. The predicted octanol–water partition coefficient (Wildman–Crippen LogP) is 2.66. The Kier molecular flexibility index (Phi) is 3.45. The molecule has 0 amide bonds. The molecule has 1 N–H and O–H groups in total. The first-order valence-corrected chi connectivity index (χ1v) is 5.80.